The van der Waals surface area contributed by atoms with Crippen molar-refractivity contribution in [3.05, 3.63) is 40.4 Å². The topological polar surface area (TPSA) is 34.1 Å². The second-order valence-electron chi connectivity index (χ2n) is 5.23. The standard InChI is InChI=1S/C16H22N2OS/c1-11(2)17-9-15-14(10-19-4)18-16(20-15)13-7-5-6-12(3)8-13/h5-8,11,17H,9-10H2,1-4H3. The van der Waals surface area contributed by atoms with E-state index in [1.54, 1.807) is 18.4 Å². The van der Waals surface area contributed by atoms with Crippen LogP contribution >= 0.6 is 11.3 Å². The first kappa shape index (κ1) is 15.2. The molecular weight excluding hydrogens is 268 g/mol. The summed E-state index contributed by atoms with van der Waals surface area (Å²) in [4.78, 5) is 6.00. The average molecular weight is 290 g/mol. The summed E-state index contributed by atoms with van der Waals surface area (Å²) < 4.78 is 5.26. The molecule has 0 radical (unpaired) electrons. The van der Waals surface area contributed by atoms with E-state index in [1.807, 2.05) is 0 Å². The van der Waals surface area contributed by atoms with Gasteiger partial charge in [-0.25, -0.2) is 4.98 Å². The minimum atomic E-state index is 0.468. The van der Waals surface area contributed by atoms with E-state index in [0.29, 0.717) is 12.6 Å². The molecule has 1 aromatic carbocycles. The molecule has 0 saturated heterocycles. The third kappa shape index (κ3) is 3.88. The van der Waals surface area contributed by atoms with E-state index in [1.165, 1.54) is 16.0 Å². The summed E-state index contributed by atoms with van der Waals surface area (Å²) in [5.74, 6) is 0. The first-order chi connectivity index (χ1) is 9.60. The van der Waals surface area contributed by atoms with Crippen LogP contribution < -0.4 is 5.32 Å². The quantitative estimate of drug-likeness (QED) is 0.879. The van der Waals surface area contributed by atoms with E-state index < -0.39 is 0 Å². The van der Waals surface area contributed by atoms with Gasteiger partial charge in [-0.05, 0) is 13.0 Å². The van der Waals surface area contributed by atoms with Crippen LogP contribution in [0.4, 0.5) is 0 Å². The summed E-state index contributed by atoms with van der Waals surface area (Å²) in [7, 11) is 1.71. The number of benzene rings is 1. The van der Waals surface area contributed by atoms with Crippen molar-refractivity contribution in [2.24, 2.45) is 0 Å². The molecule has 0 bridgehead atoms. The molecule has 4 heteroatoms. The lowest BCUT2D eigenvalue weighted by Crippen LogP contribution is -2.21. The minimum Gasteiger partial charge on any atom is -0.378 e. The van der Waals surface area contributed by atoms with Crippen molar-refractivity contribution >= 4 is 11.3 Å². The fourth-order valence-electron chi connectivity index (χ4n) is 1.97. The monoisotopic (exact) mass is 290 g/mol. The Balaban J connectivity index is 2.28. The van der Waals surface area contributed by atoms with Crippen molar-refractivity contribution in [3.8, 4) is 10.6 Å². The molecule has 0 spiro atoms. The van der Waals surface area contributed by atoms with Gasteiger partial charge in [0, 0.05) is 30.1 Å². The number of nitrogens with one attached hydrogen (secondary N) is 1. The van der Waals surface area contributed by atoms with E-state index in [9.17, 15) is 0 Å². The second-order valence-corrected chi connectivity index (χ2v) is 6.31. The first-order valence-electron chi connectivity index (χ1n) is 6.88. The lowest BCUT2D eigenvalue weighted by Gasteiger charge is -2.07. The lowest BCUT2D eigenvalue weighted by atomic mass is 10.1. The Morgan fingerprint density at radius 1 is 1.35 bits per heavy atom. The predicted octanol–water partition coefficient (Wildman–Crippen LogP) is 3.76. The van der Waals surface area contributed by atoms with Crippen molar-refractivity contribution < 1.29 is 4.74 Å². The maximum atomic E-state index is 5.26. The van der Waals surface area contributed by atoms with Crippen LogP contribution in [0.25, 0.3) is 10.6 Å². The number of aromatic nitrogens is 1. The zero-order valence-electron chi connectivity index (χ0n) is 12.6. The minimum absolute atomic E-state index is 0.468. The van der Waals surface area contributed by atoms with Crippen molar-refractivity contribution in [3.63, 3.8) is 0 Å². The predicted molar refractivity (Wildman–Crippen MR) is 85.0 cm³/mol. The molecule has 1 aromatic heterocycles. The normalized spacial score (nSPS) is 11.2. The number of methoxy groups -OCH3 is 1. The highest BCUT2D eigenvalue weighted by atomic mass is 32.1. The van der Waals surface area contributed by atoms with Gasteiger partial charge in [-0.15, -0.1) is 11.3 Å². The van der Waals surface area contributed by atoms with Gasteiger partial charge in [0.1, 0.15) is 5.01 Å². The molecule has 0 unspecified atom stereocenters. The van der Waals surface area contributed by atoms with E-state index in [4.69, 9.17) is 9.72 Å². The summed E-state index contributed by atoms with van der Waals surface area (Å²) in [5, 5.41) is 4.52. The summed E-state index contributed by atoms with van der Waals surface area (Å²) in [5.41, 5.74) is 3.48. The van der Waals surface area contributed by atoms with Crippen molar-refractivity contribution in [1.82, 2.24) is 10.3 Å². The van der Waals surface area contributed by atoms with E-state index in [0.717, 1.165) is 17.2 Å². The number of nitrogens with zero attached hydrogens (tertiary/aromatic N) is 1. The molecule has 2 rings (SSSR count). The Morgan fingerprint density at radius 3 is 2.80 bits per heavy atom. The Kier molecular flexibility index (Phi) is 5.29. The Bertz CT molecular complexity index is 563. The van der Waals surface area contributed by atoms with E-state index in [-0.39, 0.29) is 0 Å². The van der Waals surface area contributed by atoms with Gasteiger partial charge in [-0.1, -0.05) is 37.6 Å². The van der Waals surface area contributed by atoms with Crippen molar-refractivity contribution in [1.29, 1.82) is 0 Å². The molecule has 0 amide bonds. The first-order valence-corrected chi connectivity index (χ1v) is 7.69. The average Bonchev–Trinajstić information content (AvgIpc) is 2.80. The number of hydrogen-bond acceptors (Lipinski definition) is 4. The largest absolute Gasteiger partial charge is 0.378 e. The zero-order valence-corrected chi connectivity index (χ0v) is 13.4. The van der Waals surface area contributed by atoms with Gasteiger partial charge in [0.2, 0.25) is 0 Å². The molecule has 0 atom stereocenters. The highest BCUT2D eigenvalue weighted by molar-refractivity contribution is 7.15. The number of ether oxygens (including phenoxy) is 1. The van der Waals surface area contributed by atoms with Crippen LogP contribution in [0, 0.1) is 6.92 Å². The summed E-state index contributed by atoms with van der Waals surface area (Å²) in [6, 6.07) is 8.94. The maximum Gasteiger partial charge on any atom is 0.124 e. The van der Waals surface area contributed by atoms with Crippen LogP contribution in [0.15, 0.2) is 24.3 Å². The Labute approximate surface area is 125 Å². The number of rotatable bonds is 6. The lowest BCUT2D eigenvalue weighted by molar-refractivity contribution is 0.181. The summed E-state index contributed by atoms with van der Waals surface area (Å²) in [6.07, 6.45) is 0. The van der Waals surface area contributed by atoms with E-state index >= 15 is 0 Å². The third-order valence-electron chi connectivity index (χ3n) is 3.00. The second kappa shape index (κ2) is 6.97. The van der Waals surface area contributed by atoms with Gasteiger partial charge in [-0.2, -0.15) is 0 Å². The molecule has 108 valence electrons. The van der Waals surface area contributed by atoms with Gasteiger partial charge >= 0.3 is 0 Å². The highest BCUT2D eigenvalue weighted by Gasteiger charge is 2.12. The molecule has 3 nitrogen and oxygen atoms in total. The van der Waals surface area contributed by atoms with Crippen LogP contribution in [-0.2, 0) is 17.9 Å². The number of aryl methyl sites for hydroxylation is 1. The van der Waals surface area contributed by atoms with Gasteiger partial charge in [0.25, 0.3) is 0 Å². The van der Waals surface area contributed by atoms with E-state index in [2.05, 4.69) is 50.4 Å². The van der Waals surface area contributed by atoms with Crippen LogP contribution in [0.3, 0.4) is 0 Å². The van der Waals surface area contributed by atoms with Crippen molar-refractivity contribution in [2.45, 2.75) is 40.0 Å². The highest BCUT2D eigenvalue weighted by Crippen LogP contribution is 2.29. The Hall–Kier alpha value is -1.23. The summed E-state index contributed by atoms with van der Waals surface area (Å²) in [6.45, 7) is 7.82. The summed E-state index contributed by atoms with van der Waals surface area (Å²) >= 11 is 1.75. The van der Waals surface area contributed by atoms with Gasteiger partial charge < -0.3 is 10.1 Å². The van der Waals surface area contributed by atoms with Crippen LogP contribution in [0.1, 0.15) is 30.0 Å². The van der Waals surface area contributed by atoms with Gasteiger partial charge in [0.05, 0.1) is 12.3 Å². The molecule has 0 fully saturated rings. The maximum absolute atomic E-state index is 5.26. The van der Waals surface area contributed by atoms with Crippen LogP contribution in [-0.4, -0.2) is 18.1 Å². The fraction of sp³-hybridized carbons (Fsp3) is 0.438. The Morgan fingerprint density at radius 2 is 2.15 bits per heavy atom. The molecule has 1 N–H and O–H groups in total. The molecule has 0 aliphatic rings. The molecule has 1 heterocycles. The SMILES string of the molecule is COCc1nc(-c2cccc(C)c2)sc1CNC(C)C. The third-order valence-corrected chi connectivity index (χ3v) is 4.14. The molecule has 0 aliphatic carbocycles. The molecule has 0 aliphatic heterocycles. The van der Waals surface area contributed by atoms with Crippen LogP contribution in [0.2, 0.25) is 0 Å². The molecule has 2 aromatic rings. The van der Waals surface area contributed by atoms with Crippen LogP contribution in [0.5, 0.6) is 0 Å². The smallest absolute Gasteiger partial charge is 0.124 e. The molecular formula is C16H22N2OS. The number of thiazole rings is 1. The number of hydrogen-bond donors (Lipinski definition) is 1. The zero-order chi connectivity index (χ0) is 14.5. The van der Waals surface area contributed by atoms with Crippen molar-refractivity contribution in [2.75, 3.05) is 7.11 Å². The molecule has 0 saturated carbocycles. The van der Waals surface area contributed by atoms with Gasteiger partial charge in [0.15, 0.2) is 0 Å². The van der Waals surface area contributed by atoms with Gasteiger partial charge in [-0.3, -0.25) is 0 Å². The fourth-order valence-corrected chi connectivity index (χ4v) is 2.98. The molecule has 20 heavy (non-hydrogen) atoms.